The third-order valence-electron chi connectivity index (χ3n) is 4.61. The molecule has 7 nitrogen and oxygen atoms in total. The lowest BCUT2D eigenvalue weighted by Crippen LogP contribution is -2.13. The predicted molar refractivity (Wildman–Crippen MR) is 138 cm³/mol. The molecule has 0 heterocycles. The van der Waals surface area contributed by atoms with Crippen LogP contribution >= 0.6 is 27.5 Å². The summed E-state index contributed by atoms with van der Waals surface area (Å²) in [6.07, 6.45) is 1.32. The van der Waals surface area contributed by atoms with Crippen LogP contribution in [0.3, 0.4) is 0 Å². The van der Waals surface area contributed by atoms with Gasteiger partial charge in [0.15, 0.2) is 5.75 Å². The summed E-state index contributed by atoms with van der Waals surface area (Å²) in [5.74, 6) is -0.761. The lowest BCUT2D eigenvalue weighted by molar-refractivity contribution is -0.112. The smallest absolute Gasteiger partial charge is 0.339 e. The van der Waals surface area contributed by atoms with Crippen molar-refractivity contribution in [3.8, 4) is 17.6 Å². The molecule has 0 aromatic heterocycles. The molecule has 0 unspecified atom stereocenters. The quantitative estimate of drug-likeness (QED) is 0.197. The van der Waals surface area contributed by atoms with Crippen molar-refractivity contribution in [1.29, 1.82) is 5.26 Å². The number of carbonyl (C=O) groups excluding carboxylic acids is 1. The Labute approximate surface area is 217 Å². The maximum absolute atomic E-state index is 12.8. The molecule has 0 saturated carbocycles. The van der Waals surface area contributed by atoms with Crippen molar-refractivity contribution in [1.82, 2.24) is 0 Å². The molecule has 0 bridgehead atoms. The van der Waals surface area contributed by atoms with E-state index < -0.39 is 16.0 Å². The summed E-state index contributed by atoms with van der Waals surface area (Å²) < 4.78 is 37.2. The first-order chi connectivity index (χ1) is 16.6. The van der Waals surface area contributed by atoms with Gasteiger partial charge in [-0.2, -0.15) is 13.7 Å². The molecule has 3 aromatic carbocycles. The fourth-order valence-corrected chi connectivity index (χ4v) is 4.45. The van der Waals surface area contributed by atoms with Crippen LogP contribution in [0.1, 0.15) is 18.1 Å². The van der Waals surface area contributed by atoms with Gasteiger partial charge in [-0.25, -0.2) is 0 Å². The van der Waals surface area contributed by atoms with E-state index in [1.54, 1.807) is 43.3 Å². The van der Waals surface area contributed by atoms with Crippen molar-refractivity contribution in [2.45, 2.75) is 18.7 Å². The lowest BCUT2D eigenvalue weighted by Gasteiger charge is -2.14. The Hall–Kier alpha value is -3.32. The third-order valence-corrected chi connectivity index (χ3v) is 6.66. The number of nitrogens with one attached hydrogen (secondary N) is 1. The van der Waals surface area contributed by atoms with Gasteiger partial charge in [0, 0.05) is 10.2 Å². The molecule has 0 spiro atoms. The molecular weight excluding hydrogens is 556 g/mol. The van der Waals surface area contributed by atoms with E-state index in [9.17, 15) is 18.5 Å². The van der Waals surface area contributed by atoms with Crippen molar-refractivity contribution < 1.29 is 22.1 Å². The highest BCUT2D eigenvalue weighted by Crippen LogP contribution is 2.39. The Morgan fingerprint density at radius 3 is 2.40 bits per heavy atom. The zero-order chi connectivity index (χ0) is 25.6. The van der Waals surface area contributed by atoms with Crippen LogP contribution in [-0.4, -0.2) is 20.9 Å². The number of benzene rings is 3. The minimum Gasteiger partial charge on any atom is -0.490 e. The molecule has 0 saturated heterocycles. The Morgan fingerprint density at radius 2 is 1.80 bits per heavy atom. The van der Waals surface area contributed by atoms with Gasteiger partial charge in [0.25, 0.3) is 5.91 Å². The summed E-state index contributed by atoms with van der Waals surface area (Å²) >= 11 is 9.67. The van der Waals surface area contributed by atoms with Crippen LogP contribution in [0.25, 0.3) is 6.08 Å². The first-order valence-corrected chi connectivity index (χ1v) is 12.9. The third kappa shape index (κ3) is 6.85. The molecule has 3 aromatic rings. The molecule has 1 amide bonds. The van der Waals surface area contributed by atoms with Crippen LogP contribution in [0.4, 0.5) is 5.69 Å². The molecule has 0 aliphatic rings. The lowest BCUT2D eigenvalue weighted by atomic mass is 10.1. The summed E-state index contributed by atoms with van der Waals surface area (Å²) in [7, 11) is -4.18. The number of nitrogens with zero attached hydrogens (tertiary/aromatic N) is 1. The first kappa shape index (κ1) is 26.3. The minimum absolute atomic E-state index is 0.0398. The van der Waals surface area contributed by atoms with Gasteiger partial charge in [0.2, 0.25) is 5.75 Å². The molecule has 3 rings (SSSR count). The Kier molecular flexibility index (Phi) is 8.57. The number of hydrogen-bond donors (Lipinski definition) is 1. The number of nitriles is 1. The average Bonchev–Trinajstić information content (AvgIpc) is 2.81. The molecule has 10 heteroatoms. The highest BCUT2D eigenvalue weighted by molar-refractivity contribution is 9.10. The van der Waals surface area contributed by atoms with Gasteiger partial charge < -0.3 is 14.2 Å². The van der Waals surface area contributed by atoms with E-state index in [-0.39, 0.29) is 33.6 Å². The number of anilines is 1. The number of rotatable bonds is 8. The number of amides is 1. The van der Waals surface area contributed by atoms with Crippen molar-refractivity contribution in [3.05, 3.63) is 86.9 Å². The molecule has 0 aliphatic heterocycles. The van der Waals surface area contributed by atoms with Gasteiger partial charge in [0.05, 0.1) is 11.6 Å². The maximum atomic E-state index is 12.8. The van der Waals surface area contributed by atoms with Crippen molar-refractivity contribution in [2.24, 2.45) is 0 Å². The van der Waals surface area contributed by atoms with Crippen LogP contribution in [-0.2, 0) is 14.9 Å². The van der Waals surface area contributed by atoms with Gasteiger partial charge in [-0.05, 0) is 74.0 Å². The fourth-order valence-electron chi connectivity index (χ4n) is 2.92. The van der Waals surface area contributed by atoms with E-state index >= 15 is 0 Å². The van der Waals surface area contributed by atoms with Gasteiger partial charge in [-0.15, -0.1) is 0 Å². The van der Waals surface area contributed by atoms with E-state index in [0.29, 0.717) is 11.3 Å². The van der Waals surface area contributed by atoms with E-state index in [1.807, 2.05) is 13.0 Å². The SMILES string of the molecule is CCOc1cc(/C=C(\C#N)C(=O)Nc2ccc(Br)cc2)cc(Cl)c1OS(=O)(=O)c1ccc(C)cc1. The molecule has 0 fully saturated rings. The minimum atomic E-state index is -4.18. The number of halogens is 2. The summed E-state index contributed by atoms with van der Waals surface area (Å²) in [6.45, 7) is 3.74. The Morgan fingerprint density at radius 1 is 1.14 bits per heavy atom. The van der Waals surface area contributed by atoms with Gasteiger partial charge in [-0.1, -0.05) is 45.2 Å². The second-order valence-corrected chi connectivity index (χ2v) is 10.1. The van der Waals surface area contributed by atoms with Crippen molar-refractivity contribution in [3.63, 3.8) is 0 Å². The molecule has 35 heavy (non-hydrogen) atoms. The zero-order valence-corrected chi connectivity index (χ0v) is 21.9. The van der Waals surface area contributed by atoms with Crippen LogP contribution in [0.15, 0.2) is 75.6 Å². The molecule has 180 valence electrons. The summed E-state index contributed by atoms with van der Waals surface area (Å²) in [5, 5.41) is 12.1. The van der Waals surface area contributed by atoms with E-state index in [0.717, 1.165) is 10.0 Å². The van der Waals surface area contributed by atoms with Gasteiger partial charge in [0.1, 0.15) is 16.5 Å². The summed E-state index contributed by atoms with van der Waals surface area (Å²) in [4.78, 5) is 12.5. The molecule has 0 atom stereocenters. The number of carbonyl (C=O) groups is 1. The predicted octanol–water partition coefficient (Wildman–Crippen LogP) is 6.12. The maximum Gasteiger partial charge on any atom is 0.339 e. The molecule has 1 N–H and O–H groups in total. The van der Waals surface area contributed by atoms with Crippen LogP contribution < -0.4 is 14.2 Å². The number of ether oxygens (including phenoxy) is 1. The summed E-state index contributed by atoms with van der Waals surface area (Å²) in [6, 6.07) is 17.7. The highest BCUT2D eigenvalue weighted by Gasteiger charge is 2.22. The molecular formula is C25H20BrClN2O5S. The van der Waals surface area contributed by atoms with Crippen LogP contribution in [0.2, 0.25) is 5.02 Å². The summed E-state index contributed by atoms with van der Waals surface area (Å²) in [5.41, 5.74) is 1.57. The second-order valence-electron chi connectivity index (χ2n) is 7.24. The number of hydrogen-bond acceptors (Lipinski definition) is 6. The largest absolute Gasteiger partial charge is 0.490 e. The Bertz CT molecular complexity index is 1410. The fraction of sp³-hybridized carbons (Fsp3) is 0.120. The second kappa shape index (κ2) is 11.4. The van der Waals surface area contributed by atoms with Crippen molar-refractivity contribution in [2.75, 3.05) is 11.9 Å². The zero-order valence-electron chi connectivity index (χ0n) is 18.7. The topological polar surface area (TPSA) is 105 Å². The normalized spacial score (nSPS) is 11.5. The Balaban J connectivity index is 1.93. The molecule has 0 radical (unpaired) electrons. The van der Waals surface area contributed by atoms with Crippen molar-refractivity contribution >= 4 is 55.3 Å². The first-order valence-electron chi connectivity index (χ1n) is 10.3. The van der Waals surface area contributed by atoms with Crippen LogP contribution in [0, 0.1) is 18.3 Å². The van der Waals surface area contributed by atoms with Crippen LogP contribution in [0.5, 0.6) is 11.5 Å². The van der Waals surface area contributed by atoms with Gasteiger partial charge in [-0.3, -0.25) is 4.79 Å². The standard InChI is InChI=1S/C25H20BrClN2O5S/c1-3-33-23-14-17(12-18(15-28)25(30)29-20-8-6-19(26)7-9-20)13-22(27)24(23)34-35(31,32)21-10-4-16(2)5-11-21/h4-14H,3H2,1-2H3,(H,29,30)/b18-12+. The van der Waals surface area contributed by atoms with Gasteiger partial charge >= 0.3 is 10.1 Å². The van der Waals surface area contributed by atoms with E-state index in [1.165, 1.54) is 30.3 Å². The monoisotopic (exact) mass is 574 g/mol. The average molecular weight is 576 g/mol. The molecule has 0 aliphatic carbocycles. The van der Waals surface area contributed by atoms with E-state index in [4.69, 9.17) is 20.5 Å². The number of aryl methyl sites for hydroxylation is 1. The van der Waals surface area contributed by atoms with E-state index in [2.05, 4.69) is 21.2 Å². The highest BCUT2D eigenvalue weighted by atomic mass is 79.9.